The third kappa shape index (κ3) is 3.85. The van der Waals surface area contributed by atoms with E-state index in [2.05, 4.69) is 46.6 Å². The number of rotatable bonds is 6. The van der Waals surface area contributed by atoms with Crippen molar-refractivity contribution in [3.05, 3.63) is 45.7 Å². The maximum atomic E-state index is 4.59. The predicted molar refractivity (Wildman–Crippen MR) is 80.6 cm³/mol. The van der Waals surface area contributed by atoms with Crippen molar-refractivity contribution in [3.63, 3.8) is 0 Å². The van der Waals surface area contributed by atoms with E-state index in [0.717, 1.165) is 35.8 Å². The van der Waals surface area contributed by atoms with Crippen LogP contribution in [0.3, 0.4) is 0 Å². The van der Waals surface area contributed by atoms with E-state index >= 15 is 0 Å². The van der Waals surface area contributed by atoms with Crippen LogP contribution in [0.1, 0.15) is 41.8 Å². The van der Waals surface area contributed by atoms with E-state index in [4.69, 9.17) is 0 Å². The number of nitrogens with one attached hydrogen (secondary N) is 1. The highest BCUT2D eigenvalue weighted by molar-refractivity contribution is 7.09. The van der Waals surface area contributed by atoms with Crippen LogP contribution in [0.25, 0.3) is 0 Å². The summed E-state index contributed by atoms with van der Waals surface area (Å²) in [5, 5.41) is 6.75. The highest BCUT2D eigenvalue weighted by Gasteiger charge is 2.14. The van der Waals surface area contributed by atoms with Crippen molar-refractivity contribution < 1.29 is 0 Å². The Labute approximate surface area is 119 Å². The van der Waals surface area contributed by atoms with Gasteiger partial charge in [0.2, 0.25) is 0 Å². The number of pyridine rings is 1. The SMILES string of the molecule is CCNC(Cc1ccc(CC)cn1)c1csc(C)n1. The lowest BCUT2D eigenvalue weighted by atomic mass is 10.1. The van der Waals surface area contributed by atoms with Gasteiger partial charge < -0.3 is 5.32 Å². The molecule has 2 aromatic heterocycles. The molecule has 2 heterocycles. The monoisotopic (exact) mass is 275 g/mol. The second-order valence-corrected chi connectivity index (χ2v) is 5.68. The fourth-order valence-electron chi connectivity index (χ4n) is 2.06. The van der Waals surface area contributed by atoms with E-state index in [1.165, 1.54) is 5.56 Å². The summed E-state index contributed by atoms with van der Waals surface area (Å²) in [6.07, 6.45) is 3.90. The van der Waals surface area contributed by atoms with Gasteiger partial charge in [-0.3, -0.25) is 4.98 Å². The number of thiazole rings is 1. The summed E-state index contributed by atoms with van der Waals surface area (Å²) < 4.78 is 0. The predicted octanol–water partition coefficient (Wildman–Crippen LogP) is 3.30. The maximum Gasteiger partial charge on any atom is 0.0898 e. The molecule has 4 heteroatoms. The molecule has 3 nitrogen and oxygen atoms in total. The van der Waals surface area contributed by atoms with Crippen LogP contribution in [0.15, 0.2) is 23.7 Å². The van der Waals surface area contributed by atoms with Crippen molar-refractivity contribution in [1.82, 2.24) is 15.3 Å². The smallest absolute Gasteiger partial charge is 0.0898 e. The van der Waals surface area contributed by atoms with Crippen molar-refractivity contribution in [2.75, 3.05) is 6.54 Å². The Morgan fingerprint density at radius 1 is 1.32 bits per heavy atom. The summed E-state index contributed by atoms with van der Waals surface area (Å²) in [7, 11) is 0. The van der Waals surface area contributed by atoms with Crippen molar-refractivity contribution in [2.24, 2.45) is 0 Å². The molecule has 2 aromatic rings. The minimum absolute atomic E-state index is 0.259. The molecule has 2 rings (SSSR count). The molecule has 0 saturated heterocycles. The first-order chi connectivity index (χ1) is 9.22. The molecule has 0 spiro atoms. The molecule has 0 aliphatic carbocycles. The molecule has 102 valence electrons. The Kier molecular flexibility index (Phi) is 5.05. The van der Waals surface area contributed by atoms with Crippen LogP contribution < -0.4 is 5.32 Å². The fraction of sp³-hybridized carbons (Fsp3) is 0.467. The molecule has 0 aliphatic heterocycles. The van der Waals surface area contributed by atoms with E-state index in [1.54, 1.807) is 11.3 Å². The minimum Gasteiger partial charge on any atom is -0.309 e. The number of hydrogen-bond acceptors (Lipinski definition) is 4. The lowest BCUT2D eigenvalue weighted by molar-refractivity contribution is 0.533. The molecular formula is C15H21N3S. The summed E-state index contributed by atoms with van der Waals surface area (Å²) in [6, 6.07) is 4.55. The molecule has 0 amide bonds. The quantitative estimate of drug-likeness (QED) is 0.879. The first-order valence-corrected chi connectivity index (χ1v) is 7.70. The number of nitrogens with zero attached hydrogens (tertiary/aromatic N) is 2. The summed E-state index contributed by atoms with van der Waals surface area (Å²) in [5.74, 6) is 0. The van der Waals surface area contributed by atoms with Crippen molar-refractivity contribution in [2.45, 2.75) is 39.7 Å². The van der Waals surface area contributed by atoms with Gasteiger partial charge in [0.05, 0.1) is 16.7 Å². The molecule has 0 aliphatic rings. The number of likely N-dealkylation sites (N-methyl/N-ethyl adjacent to an activating group) is 1. The summed E-state index contributed by atoms with van der Waals surface area (Å²) in [5.41, 5.74) is 3.53. The molecule has 0 saturated carbocycles. The van der Waals surface area contributed by atoms with Gasteiger partial charge in [0, 0.05) is 23.7 Å². The van der Waals surface area contributed by atoms with E-state index in [0.29, 0.717) is 0 Å². The van der Waals surface area contributed by atoms with Crippen molar-refractivity contribution >= 4 is 11.3 Å². The van der Waals surface area contributed by atoms with Gasteiger partial charge in [-0.1, -0.05) is 19.9 Å². The average molecular weight is 275 g/mol. The topological polar surface area (TPSA) is 37.8 Å². The lowest BCUT2D eigenvalue weighted by Gasteiger charge is -2.15. The van der Waals surface area contributed by atoms with E-state index in [9.17, 15) is 0 Å². The highest BCUT2D eigenvalue weighted by Crippen LogP contribution is 2.20. The molecule has 0 radical (unpaired) electrons. The zero-order chi connectivity index (χ0) is 13.7. The maximum absolute atomic E-state index is 4.59. The van der Waals surface area contributed by atoms with Gasteiger partial charge in [0.1, 0.15) is 0 Å². The van der Waals surface area contributed by atoms with Gasteiger partial charge >= 0.3 is 0 Å². The number of hydrogen-bond donors (Lipinski definition) is 1. The van der Waals surface area contributed by atoms with Gasteiger partial charge in [0.15, 0.2) is 0 Å². The molecule has 0 fully saturated rings. The van der Waals surface area contributed by atoms with Crippen LogP contribution in [0.2, 0.25) is 0 Å². The second-order valence-electron chi connectivity index (χ2n) is 4.62. The van der Waals surface area contributed by atoms with Crippen molar-refractivity contribution in [1.29, 1.82) is 0 Å². The van der Waals surface area contributed by atoms with Gasteiger partial charge in [0.25, 0.3) is 0 Å². The molecule has 1 atom stereocenters. The van der Waals surface area contributed by atoms with Crippen LogP contribution in [0, 0.1) is 6.92 Å². The van der Waals surface area contributed by atoms with E-state index < -0.39 is 0 Å². The van der Waals surface area contributed by atoms with Crippen LogP contribution in [0.4, 0.5) is 0 Å². The Balaban J connectivity index is 2.11. The van der Waals surface area contributed by atoms with Crippen LogP contribution >= 0.6 is 11.3 Å². The van der Waals surface area contributed by atoms with Crippen LogP contribution in [-0.2, 0) is 12.8 Å². The Morgan fingerprint density at radius 3 is 2.68 bits per heavy atom. The zero-order valence-electron chi connectivity index (χ0n) is 11.8. The van der Waals surface area contributed by atoms with Crippen LogP contribution in [0.5, 0.6) is 0 Å². The first-order valence-electron chi connectivity index (χ1n) is 6.82. The summed E-state index contributed by atoms with van der Waals surface area (Å²) in [4.78, 5) is 9.13. The highest BCUT2D eigenvalue weighted by atomic mass is 32.1. The van der Waals surface area contributed by atoms with Gasteiger partial charge in [-0.05, 0) is 31.5 Å². The third-order valence-electron chi connectivity index (χ3n) is 3.15. The van der Waals surface area contributed by atoms with E-state index in [-0.39, 0.29) is 6.04 Å². The molecule has 0 bridgehead atoms. The molecular weight excluding hydrogens is 254 g/mol. The molecule has 1 unspecified atom stereocenters. The zero-order valence-corrected chi connectivity index (χ0v) is 12.6. The van der Waals surface area contributed by atoms with Gasteiger partial charge in [-0.2, -0.15) is 0 Å². The molecule has 0 aromatic carbocycles. The minimum atomic E-state index is 0.259. The Hall–Kier alpha value is -1.26. The Bertz CT molecular complexity index is 504. The first kappa shape index (κ1) is 14.2. The standard InChI is InChI=1S/C15H21N3S/c1-4-12-6-7-13(17-9-12)8-14(16-5-2)15-10-19-11(3)18-15/h6-7,9-10,14,16H,4-5,8H2,1-3H3. The fourth-order valence-corrected chi connectivity index (χ4v) is 2.73. The van der Waals surface area contributed by atoms with Gasteiger partial charge in [-0.15, -0.1) is 11.3 Å². The van der Waals surface area contributed by atoms with E-state index in [1.807, 2.05) is 13.1 Å². The molecule has 1 N–H and O–H groups in total. The number of aryl methyl sites for hydroxylation is 2. The Morgan fingerprint density at radius 2 is 2.16 bits per heavy atom. The summed E-state index contributed by atoms with van der Waals surface area (Å²) >= 11 is 1.70. The van der Waals surface area contributed by atoms with Gasteiger partial charge in [-0.25, -0.2) is 4.98 Å². The third-order valence-corrected chi connectivity index (χ3v) is 3.94. The number of aromatic nitrogens is 2. The van der Waals surface area contributed by atoms with Crippen molar-refractivity contribution in [3.8, 4) is 0 Å². The summed E-state index contributed by atoms with van der Waals surface area (Å²) in [6.45, 7) is 7.26. The van der Waals surface area contributed by atoms with Crippen LogP contribution in [-0.4, -0.2) is 16.5 Å². The second kappa shape index (κ2) is 6.78. The molecule has 19 heavy (non-hydrogen) atoms. The lowest BCUT2D eigenvalue weighted by Crippen LogP contribution is -2.23. The average Bonchev–Trinajstić information content (AvgIpc) is 2.86. The normalized spacial score (nSPS) is 12.6. The largest absolute Gasteiger partial charge is 0.309 e.